The number of allylic oxidation sites excluding steroid dienone is 2. The smallest absolute Gasteiger partial charge is 0.0231 e. The van der Waals surface area contributed by atoms with E-state index < -0.39 is 0 Å². The van der Waals surface area contributed by atoms with Gasteiger partial charge >= 0.3 is 0 Å². The van der Waals surface area contributed by atoms with Crippen molar-refractivity contribution in [2.24, 2.45) is 11.8 Å². The summed E-state index contributed by atoms with van der Waals surface area (Å²) >= 11 is 0. The number of hydrogen-bond acceptors (Lipinski definition) is 0. The SMILES string of the molecule is CCCCC1C=CCCCCC(CCCC)C1. The van der Waals surface area contributed by atoms with E-state index in [0.717, 1.165) is 11.8 Å². The van der Waals surface area contributed by atoms with Gasteiger partial charge in [-0.15, -0.1) is 0 Å². The third-order valence-corrected chi connectivity index (χ3v) is 4.17. The Morgan fingerprint density at radius 2 is 1.76 bits per heavy atom. The van der Waals surface area contributed by atoms with Crippen LogP contribution in [0.15, 0.2) is 12.2 Å². The van der Waals surface area contributed by atoms with Gasteiger partial charge in [0.15, 0.2) is 0 Å². The van der Waals surface area contributed by atoms with Gasteiger partial charge in [-0.1, -0.05) is 70.9 Å². The summed E-state index contributed by atoms with van der Waals surface area (Å²) in [6.07, 6.45) is 20.6. The van der Waals surface area contributed by atoms with Gasteiger partial charge in [0.1, 0.15) is 0 Å². The van der Waals surface area contributed by atoms with Crippen LogP contribution in [-0.4, -0.2) is 0 Å². The number of rotatable bonds is 6. The molecule has 0 saturated heterocycles. The largest absolute Gasteiger partial charge is 0.0883 e. The molecule has 0 aliphatic heterocycles. The fraction of sp³-hybridized carbons (Fsp3) is 0.882. The van der Waals surface area contributed by atoms with Crippen molar-refractivity contribution in [2.75, 3.05) is 0 Å². The van der Waals surface area contributed by atoms with Gasteiger partial charge in [-0.3, -0.25) is 0 Å². The Morgan fingerprint density at radius 3 is 2.53 bits per heavy atom. The fourth-order valence-corrected chi connectivity index (χ4v) is 3.04. The number of hydrogen-bond donors (Lipinski definition) is 0. The first kappa shape index (κ1) is 14.8. The third kappa shape index (κ3) is 6.91. The van der Waals surface area contributed by atoms with E-state index >= 15 is 0 Å². The van der Waals surface area contributed by atoms with Crippen LogP contribution in [0.25, 0.3) is 0 Å². The second kappa shape index (κ2) is 9.74. The average Bonchev–Trinajstić information content (AvgIpc) is 2.46. The molecule has 1 aliphatic rings. The summed E-state index contributed by atoms with van der Waals surface area (Å²) in [5.41, 5.74) is 0. The molecule has 0 aromatic heterocycles. The molecule has 0 saturated carbocycles. The zero-order valence-corrected chi connectivity index (χ0v) is 12.1. The van der Waals surface area contributed by atoms with Crippen LogP contribution in [0.5, 0.6) is 0 Å². The van der Waals surface area contributed by atoms with Gasteiger partial charge in [-0.25, -0.2) is 0 Å². The highest BCUT2D eigenvalue weighted by atomic mass is 14.2. The normalized spacial score (nSPS) is 26.2. The van der Waals surface area contributed by atoms with Gasteiger partial charge in [-0.05, 0) is 37.5 Å². The summed E-state index contributed by atoms with van der Waals surface area (Å²) in [5.74, 6) is 1.90. The predicted molar refractivity (Wildman–Crippen MR) is 78.3 cm³/mol. The lowest BCUT2D eigenvalue weighted by molar-refractivity contribution is 0.341. The Kier molecular flexibility index (Phi) is 8.48. The molecule has 0 spiro atoms. The molecule has 100 valence electrons. The highest BCUT2D eigenvalue weighted by molar-refractivity contribution is 4.90. The van der Waals surface area contributed by atoms with Crippen LogP contribution in [0, 0.1) is 11.8 Å². The van der Waals surface area contributed by atoms with E-state index in [1.54, 1.807) is 0 Å². The van der Waals surface area contributed by atoms with Crippen LogP contribution in [0.2, 0.25) is 0 Å². The van der Waals surface area contributed by atoms with Crippen molar-refractivity contribution in [1.82, 2.24) is 0 Å². The summed E-state index contributed by atoms with van der Waals surface area (Å²) in [6.45, 7) is 4.64. The summed E-state index contributed by atoms with van der Waals surface area (Å²) in [4.78, 5) is 0. The van der Waals surface area contributed by atoms with Gasteiger partial charge in [-0.2, -0.15) is 0 Å². The lowest BCUT2D eigenvalue weighted by Gasteiger charge is -2.21. The van der Waals surface area contributed by atoms with Crippen molar-refractivity contribution in [2.45, 2.75) is 84.5 Å². The third-order valence-electron chi connectivity index (χ3n) is 4.17. The van der Waals surface area contributed by atoms with E-state index in [9.17, 15) is 0 Å². The molecule has 2 atom stereocenters. The van der Waals surface area contributed by atoms with E-state index in [1.165, 1.54) is 70.6 Å². The van der Waals surface area contributed by atoms with E-state index in [0.29, 0.717) is 0 Å². The monoisotopic (exact) mass is 236 g/mol. The molecule has 1 aliphatic carbocycles. The van der Waals surface area contributed by atoms with Gasteiger partial charge in [0.25, 0.3) is 0 Å². The highest BCUT2D eigenvalue weighted by Gasteiger charge is 2.15. The van der Waals surface area contributed by atoms with Gasteiger partial charge in [0.05, 0.1) is 0 Å². The minimum Gasteiger partial charge on any atom is -0.0883 e. The van der Waals surface area contributed by atoms with Crippen molar-refractivity contribution >= 4 is 0 Å². The molecule has 0 N–H and O–H groups in total. The van der Waals surface area contributed by atoms with E-state index in [-0.39, 0.29) is 0 Å². The Morgan fingerprint density at radius 1 is 1.00 bits per heavy atom. The van der Waals surface area contributed by atoms with Gasteiger partial charge < -0.3 is 0 Å². The topological polar surface area (TPSA) is 0 Å². The van der Waals surface area contributed by atoms with E-state index in [1.807, 2.05) is 0 Å². The molecule has 0 bridgehead atoms. The molecule has 17 heavy (non-hydrogen) atoms. The Labute approximate surface area is 109 Å². The van der Waals surface area contributed by atoms with Gasteiger partial charge in [0, 0.05) is 0 Å². The standard InChI is InChI=1S/C17H32/c1-3-5-11-16-13-9-7-8-10-14-17(15-16)12-6-4-2/h9,13,16-17H,3-8,10-12,14-15H2,1-2H3. The molecule has 0 nitrogen and oxygen atoms in total. The predicted octanol–water partition coefficient (Wildman–Crippen LogP) is 6.12. The van der Waals surface area contributed by atoms with Crippen molar-refractivity contribution in [1.29, 1.82) is 0 Å². The van der Waals surface area contributed by atoms with Crippen LogP contribution >= 0.6 is 0 Å². The second-order valence-electron chi connectivity index (χ2n) is 5.86. The Bertz CT molecular complexity index is 192. The molecule has 0 radical (unpaired) electrons. The van der Waals surface area contributed by atoms with Crippen molar-refractivity contribution in [3.05, 3.63) is 12.2 Å². The first-order valence-corrected chi connectivity index (χ1v) is 8.03. The minimum absolute atomic E-state index is 0.884. The van der Waals surface area contributed by atoms with Crippen LogP contribution in [0.4, 0.5) is 0 Å². The maximum absolute atomic E-state index is 2.54. The Balaban J connectivity index is 2.43. The van der Waals surface area contributed by atoms with Crippen LogP contribution < -0.4 is 0 Å². The van der Waals surface area contributed by atoms with Crippen molar-refractivity contribution < 1.29 is 0 Å². The first-order valence-electron chi connectivity index (χ1n) is 8.03. The van der Waals surface area contributed by atoms with Crippen molar-refractivity contribution in [3.63, 3.8) is 0 Å². The summed E-state index contributed by atoms with van der Waals surface area (Å²) in [6, 6.07) is 0. The molecule has 1 rings (SSSR count). The van der Waals surface area contributed by atoms with E-state index in [4.69, 9.17) is 0 Å². The quantitative estimate of drug-likeness (QED) is 0.487. The molecule has 2 unspecified atom stereocenters. The summed E-state index contributed by atoms with van der Waals surface area (Å²) in [7, 11) is 0. The van der Waals surface area contributed by atoms with Crippen LogP contribution in [0.1, 0.15) is 84.5 Å². The molecular weight excluding hydrogens is 204 g/mol. The zero-order valence-electron chi connectivity index (χ0n) is 12.1. The molecule has 0 heteroatoms. The molecule has 0 aromatic carbocycles. The summed E-state index contributed by atoms with van der Waals surface area (Å²) < 4.78 is 0. The fourth-order valence-electron chi connectivity index (χ4n) is 3.04. The maximum Gasteiger partial charge on any atom is -0.0231 e. The lowest BCUT2D eigenvalue weighted by atomic mass is 9.85. The van der Waals surface area contributed by atoms with Gasteiger partial charge in [0.2, 0.25) is 0 Å². The van der Waals surface area contributed by atoms with E-state index in [2.05, 4.69) is 26.0 Å². The van der Waals surface area contributed by atoms with Crippen LogP contribution in [-0.2, 0) is 0 Å². The minimum atomic E-state index is 0.884. The summed E-state index contributed by atoms with van der Waals surface area (Å²) in [5, 5.41) is 0. The average molecular weight is 236 g/mol. The molecule has 0 aromatic rings. The highest BCUT2D eigenvalue weighted by Crippen LogP contribution is 2.29. The van der Waals surface area contributed by atoms with Crippen LogP contribution in [0.3, 0.4) is 0 Å². The second-order valence-corrected chi connectivity index (χ2v) is 5.86. The molecule has 0 heterocycles. The Hall–Kier alpha value is -0.260. The molecule has 0 amide bonds. The maximum atomic E-state index is 2.54. The number of unbranched alkanes of at least 4 members (excludes halogenated alkanes) is 2. The lowest BCUT2D eigenvalue weighted by Crippen LogP contribution is -2.07. The molecular formula is C17H32. The first-order chi connectivity index (χ1) is 8.36. The van der Waals surface area contributed by atoms with Crippen molar-refractivity contribution in [3.8, 4) is 0 Å². The zero-order chi connectivity index (χ0) is 12.3. The molecule has 0 fully saturated rings.